The molecule has 1 amide bonds. The maximum atomic E-state index is 12.5. The molecule has 0 heterocycles. The molecule has 3 rings (SSSR count). The largest absolute Gasteiger partial charge is 0.326 e. The highest BCUT2D eigenvalue weighted by atomic mass is 16.1. The Hall–Kier alpha value is -1.35. The van der Waals surface area contributed by atoms with Crippen LogP contribution >= 0.6 is 0 Å². The number of amides is 1. The first-order valence-electron chi connectivity index (χ1n) is 8.31. The van der Waals surface area contributed by atoms with E-state index in [2.05, 4.69) is 36.6 Å². The van der Waals surface area contributed by atoms with Gasteiger partial charge in [-0.2, -0.15) is 0 Å². The highest BCUT2D eigenvalue weighted by Crippen LogP contribution is 2.48. The van der Waals surface area contributed by atoms with Gasteiger partial charge in [-0.1, -0.05) is 25.5 Å². The number of anilines is 1. The van der Waals surface area contributed by atoms with Gasteiger partial charge in [0.25, 0.3) is 0 Å². The smallest absolute Gasteiger partial charge is 0.227 e. The second-order valence-electron chi connectivity index (χ2n) is 6.68. The molecule has 0 spiro atoms. The van der Waals surface area contributed by atoms with Crippen molar-refractivity contribution in [3.05, 3.63) is 29.8 Å². The molecular weight excluding hydrogens is 260 g/mol. The molecule has 114 valence electrons. The Labute approximate surface area is 127 Å². The summed E-state index contributed by atoms with van der Waals surface area (Å²) in [5.74, 6) is 1.93. The molecule has 2 aliphatic carbocycles. The monoisotopic (exact) mass is 286 g/mol. The van der Waals surface area contributed by atoms with Crippen LogP contribution in [0.5, 0.6) is 0 Å². The molecule has 21 heavy (non-hydrogen) atoms. The Morgan fingerprint density at radius 3 is 2.86 bits per heavy atom. The van der Waals surface area contributed by atoms with Crippen LogP contribution in [0.4, 0.5) is 5.69 Å². The maximum absolute atomic E-state index is 12.5. The van der Waals surface area contributed by atoms with Crippen molar-refractivity contribution in [1.82, 2.24) is 5.32 Å². The third kappa shape index (κ3) is 3.13. The van der Waals surface area contributed by atoms with Crippen molar-refractivity contribution in [2.24, 2.45) is 17.8 Å². The third-order valence-corrected chi connectivity index (χ3v) is 5.24. The molecule has 4 unspecified atom stereocenters. The van der Waals surface area contributed by atoms with Gasteiger partial charge in [0.05, 0.1) is 0 Å². The molecule has 0 saturated heterocycles. The molecule has 3 nitrogen and oxygen atoms in total. The summed E-state index contributed by atoms with van der Waals surface area (Å²) in [4.78, 5) is 12.5. The van der Waals surface area contributed by atoms with Crippen molar-refractivity contribution in [2.45, 2.75) is 45.6 Å². The molecule has 0 aliphatic heterocycles. The van der Waals surface area contributed by atoms with Gasteiger partial charge in [-0.25, -0.2) is 0 Å². The zero-order valence-electron chi connectivity index (χ0n) is 13.1. The third-order valence-electron chi connectivity index (χ3n) is 5.24. The number of hydrogen-bond donors (Lipinski definition) is 2. The van der Waals surface area contributed by atoms with E-state index >= 15 is 0 Å². The Bertz CT molecular complexity index is 514. The van der Waals surface area contributed by atoms with Crippen molar-refractivity contribution in [3.8, 4) is 0 Å². The van der Waals surface area contributed by atoms with Gasteiger partial charge < -0.3 is 10.6 Å². The van der Waals surface area contributed by atoms with Gasteiger partial charge in [-0.05, 0) is 62.3 Å². The Balaban J connectivity index is 1.64. The van der Waals surface area contributed by atoms with Gasteiger partial charge in [0.2, 0.25) is 5.91 Å². The van der Waals surface area contributed by atoms with Gasteiger partial charge >= 0.3 is 0 Å². The first kappa shape index (κ1) is 14.6. The van der Waals surface area contributed by atoms with Gasteiger partial charge in [-0.15, -0.1) is 0 Å². The maximum Gasteiger partial charge on any atom is 0.227 e. The topological polar surface area (TPSA) is 41.1 Å². The lowest BCUT2D eigenvalue weighted by atomic mass is 9.88. The predicted molar refractivity (Wildman–Crippen MR) is 86.1 cm³/mol. The van der Waals surface area contributed by atoms with E-state index in [9.17, 15) is 4.79 Å². The average molecular weight is 286 g/mol. The van der Waals surface area contributed by atoms with Crippen molar-refractivity contribution < 1.29 is 4.79 Å². The fraction of sp³-hybridized carbons (Fsp3) is 0.611. The highest BCUT2D eigenvalue weighted by Gasteiger charge is 2.42. The Kier molecular flexibility index (Phi) is 4.29. The number of rotatable bonds is 5. The minimum atomic E-state index is 0.232. The lowest BCUT2D eigenvalue weighted by Crippen LogP contribution is -2.27. The Morgan fingerprint density at radius 1 is 1.33 bits per heavy atom. The van der Waals surface area contributed by atoms with E-state index in [1.54, 1.807) is 0 Å². The molecular formula is C18H26N2O. The van der Waals surface area contributed by atoms with Crippen molar-refractivity contribution in [1.29, 1.82) is 0 Å². The quantitative estimate of drug-likeness (QED) is 0.866. The molecule has 2 N–H and O–H groups in total. The summed E-state index contributed by atoms with van der Waals surface area (Å²) in [6, 6.07) is 8.54. The lowest BCUT2D eigenvalue weighted by molar-refractivity contribution is -0.121. The van der Waals surface area contributed by atoms with Crippen LogP contribution < -0.4 is 10.6 Å². The predicted octanol–water partition coefficient (Wildman–Crippen LogP) is 3.73. The van der Waals surface area contributed by atoms with Crippen molar-refractivity contribution >= 4 is 11.6 Å². The van der Waals surface area contributed by atoms with E-state index < -0.39 is 0 Å². The number of hydrogen-bond acceptors (Lipinski definition) is 2. The van der Waals surface area contributed by atoms with E-state index in [-0.39, 0.29) is 11.8 Å². The van der Waals surface area contributed by atoms with Crippen molar-refractivity contribution in [2.75, 3.05) is 11.9 Å². The van der Waals surface area contributed by atoms with Gasteiger partial charge in [0, 0.05) is 17.6 Å². The summed E-state index contributed by atoms with van der Waals surface area (Å²) < 4.78 is 0. The number of benzene rings is 1. The fourth-order valence-corrected chi connectivity index (χ4v) is 4.11. The van der Waals surface area contributed by atoms with E-state index in [0.717, 1.165) is 24.6 Å². The second-order valence-corrected chi connectivity index (χ2v) is 6.68. The number of carbonyl (C=O) groups is 1. The molecule has 2 fully saturated rings. The first-order valence-corrected chi connectivity index (χ1v) is 8.31. The fourth-order valence-electron chi connectivity index (χ4n) is 4.11. The van der Waals surface area contributed by atoms with Crippen LogP contribution in [-0.4, -0.2) is 12.5 Å². The normalized spacial score (nSPS) is 28.6. The van der Waals surface area contributed by atoms with Crippen LogP contribution in [-0.2, 0) is 4.79 Å². The van der Waals surface area contributed by atoms with Crippen molar-refractivity contribution in [3.63, 3.8) is 0 Å². The average Bonchev–Trinajstić information content (AvgIpc) is 3.10. The van der Waals surface area contributed by atoms with Gasteiger partial charge in [0.1, 0.15) is 0 Å². The summed E-state index contributed by atoms with van der Waals surface area (Å²) in [6.07, 6.45) is 4.96. The molecule has 4 atom stereocenters. The van der Waals surface area contributed by atoms with E-state index in [1.165, 1.54) is 24.8 Å². The van der Waals surface area contributed by atoms with Crippen LogP contribution in [0.2, 0.25) is 0 Å². The minimum absolute atomic E-state index is 0.232. The summed E-state index contributed by atoms with van der Waals surface area (Å²) in [5.41, 5.74) is 2.16. The molecule has 0 radical (unpaired) electrons. The SMILES string of the molecule is CCNC(C)c1cccc(NC(=O)C2CC3CCC2C3)c1. The van der Waals surface area contributed by atoms with E-state index in [0.29, 0.717) is 12.0 Å². The van der Waals surface area contributed by atoms with Crippen LogP contribution in [0, 0.1) is 17.8 Å². The second kappa shape index (κ2) is 6.18. The molecule has 3 heteroatoms. The summed E-state index contributed by atoms with van der Waals surface area (Å²) in [7, 11) is 0. The number of fused-ring (bicyclic) bond motifs is 2. The first-order chi connectivity index (χ1) is 10.2. The number of carbonyl (C=O) groups excluding carboxylic acids is 1. The Morgan fingerprint density at radius 2 is 2.19 bits per heavy atom. The number of nitrogens with one attached hydrogen (secondary N) is 2. The molecule has 0 aromatic heterocycles. The zero-order valence-corrected chi connectivity index (χ0v) is 13.1. The zero-order chi connectivity index (χ0) is 14.8. The molecule has 2 aliphatic rings. The molecule has 1 aromatic carbocycles. The summed E-state index contributed by atoms with van der Waals surface area (Å²) in [6.45, 7) is 5.21. The van der Waals surface area contributed by atoms with E-state index in [1.807, 2.05) is 12.1 Å². The minimum Gasteiger partial charge on any atom is -0.326 e. The van der Waals surface area contributed by atoms with Crippen LogP contribution in [0.15, 0.2) is 24.3 Å². The molecule has 1 aromatic rings. The summed E-state index contributed by atoms with van der Waals surface area (Å²) >= 11 is 0. The van der Waals surface area contributed by atoms with Crippen LogP contribution in [0.1, 0.15) is 51.1 Å². The van der Waals surface area contributed by atoms with Crippen LogP contribution in [0.25, 0.3) is 0 Å². The van der Waals surface area contributed by atoms with E-state index in [4.69, 9.17) is 0 Å². The standard InChI is InChI=1S/C18H26N2O/c1-3-19-12(2)14-5-4-6-16(11-14)20-18(21)17-10-13-7-8-15(17)9-13/h4-6,11-13,15,17,19H,3,7-10H2,1-2H3,(H,20,21). The highest BCUT2D eigenvalue weighted by molar-refractivity contribution is 5.93. The summed E-state index contributed by atoms with van der Waals surface area (Å²) in [5, 5.41) is 6.55. The van der Waals surface area contributed by atoms with Gasteiger partial charge in [-0.3, -0.25) is 4.79 Å². The van der Waals surface area contributed by atoms with Crippen LogP contribution in [0.3, 0.4) is 0 Å². The molecule has 2 bridgehead atoms. The lowest BCUT2D eigenvalue weighted by Gasteiger charge is -2.21. The molecule has 2 saturated carbocycles. The van der Waals surface area contributed by atoms with Gasteiger partial charge in [0.15, 0.2) is 0 Å².